The van der Waals surface area contributed by atoms with Gasteiger partial charge in [-0.25, -0.2) is 13.2 Å². The van der Waals surface area contributed by atoms with Gasteiger partial charge in [-0.2, -0.15) is 0 Å². The third kappa shape index (κ3) is 4.33. The van der Waals surface area contributed by atoms with Gasteiger partial charge in [0.1, 0.15) is 29.7 Å². The molecule has 2 atom stereocenters. The summed E-state index contributed by atoms with van der Waals surface area (Å²) in [5, 5.41) is 10.3. The van der Waals surface area contributed by atoms with Crippen LogP contribution in [0.5, 0.6) is 11.5 Å². The molecule has 0 aliphatic carbocycles. The van der Waals surface area contributed by atoms with Crippen molar-refractivity contribution in [3.63, 3.8) is 0 Å². The average molecular weight is 381 g/mol. The summed E-state index contributed by atoms with van der Waals surface area (Å²) < 4.78 is 50.7. The maximum atomic E-state index is 13.3. The van der Waals surface area contributed by atoms with Gasteiger partial charge in [0.05, 0.1) is 13.7 Å². The van der Waals surface area contributed by atoms with E-state index in [2.05, 4.69) is 0 Å². The molecule has 0 spiro atoms. The molecule has 0 unspecified atom stereocenters. The number of likely N-dealkylation sites (tertiary alicyclic amines) is 1. The van der Waals surface area contributed by atoms with Crippen molar-refractivity contribution >= 4 is 5.91 Å². The zero-order valence-corrected chi connectivity index (χ0v) is 14.5. The van der Waals surface area contributed by atoms with Gasteiger partial charge in [0.15, 0.2) is 11.5 Å². The molecule has 1 amide bonds. The van der Waals surface area contributed by atoms with E-state index in [1.54, 1.807) is 0 Å². The number of carbonyl (C=O) groups is 1. The van der Waals surface area contributed by atoms with Gasteiger partial charge < -0.3 is 19.5 Å². The van der Waals surface area contributed by atoms with Gasteiger partial charge in [-0.05, 0) is 24.3 Å². The SMILES string of the molecule is COc1cc(F)ccc1O[C@@H]1CCN(C(=O)c2cc(F)cc(F)c2)C[C@H]1O. The molecule has 5 nitrogen and oxygen atoms in total. The normalized spacial score (nSPS) is 19.7. The van der Waals surface area contributed by atoms with Crippen molar-refractivity contribution in [1.29, 1.82) is 0 Å². The van der Waals surface area contributed by atoms with Crippen LogP contribution in [0.15, 0.2) is 36.4 Å². The van der Waals surface area contributed by atoms with Crippen molar-refractivity contribution in [3.05, 3.63) is 59.4 Å². The largest absolute Gasteiger partial charge is 0.493 e. The number of hydrogen-bond donors (Lipinski definition) is 1. The molecule has 1 saturated heterocycles. The van der Waals surface area contributed by atoms with Crippen LogP contribution in [-0.4, -0.2) is 48.3 Å². The Hall–Kier alpha value is -2.74. The molecule has 1 heterocycles. The van der Waals surface area contributed by atoms with Crippen LogP contribution in [0.25, 0.3) is 0 Å². The minimum absolute atomic E-state index is 0.0643. The lowest BCUT2D eigenvalue weighted by atomic mass is 10.0. The fourth-order valence-corrected chi connectivity index (χ4v) is 2.99. The van der Waals surface area contributed by atoms with Crippen molar-refractivity contribution in [1.82, 2.24) is 4.90 Å². The van der Waals surface area contributed by atoms with Crippen LogP contribution in [0.3, 0.4) is 0 Å². The highest BCUT2D eigenvalue weighted by atomic mass is 19.1. The Morgan fingerprint density at radius 2 is 1.78 bits per heavy atom. The number of β-amino-alcohol motifs (C(OH)–C–C–N with tert-alkyl or cyclic N) is 1. The highest BCUT2D eigenvalue weighted by Gasteiger charge is 2.32. The minimum atomic E-state index is -1.03. The number of amides is 1. The predicted octanol–water partition coefficient (Wildman–Crippen LogP) is 2.77. The van der Waals surface area contributed by atoms with Crippen LogP contribution in [0.2, 0.25) is 0 Å². The van der Waals surface area contributed by atoms with E-state index in [0.717, 1.165) is 12.1 Å². The number of aliphatic hydroxyl groups excluding tert-OH is 1. The van der Waals surface area contributed by atoms with Gasteiger partial charge in [0.2, 0.25) is 0 Å². The van der Waals surface area contributed by atoms with Gasteiger partial charge in [-0.1, -0.05) is 0 Å². The molecule has 1 aliphatic heterocycles. The summed E-state index contributed by atoms with van der Waals surface area (Å²) in [6.45, 7) is 0.160. The van der Waals surface area contributed by atoms with Crippen LogP contribution in [0, 0.1) is 17.5 Å². The third-order valence-corrected chi connectivity index (χ3v) is 4.32. The minimum Gasteiger partial charge on any atom is -0.493 e. The summed E-state index contributed by atoms with van der Waals surface area (Å²) in [7, 11) is 1.37. The molecule has 0 aromatic heterocycles. The van der Waals surface area contributed by atoms with Crippen molar-refractivity contribution < 1.29 is 32.5 Å². The molecule has 1 fully saturated rings. The summed E-state index contributed by atoms with van der Waals surface area (Å²) in [4.78, 5) is 13.7. The van der Waals surface area contributed by atoms with Gasteiger partial charge in [-0.15, -0.1) is 0 Å². The van der Waals surface area contributed by atoms with Crippen LogP contribution in [0.4, 0.5) is 13.2 Å². The fraction of sp³-hybridized carbons (Fsp3) is 0.316. The summed E-state index contributed by atoms with van der Waals surface area (Å²) >= 11 is 0. The second-order valence-electron chi connectivity index (χ2n) is 6.22. The zero-order chi connectivity index (χ0) is 19.6. The summed E-state index contributed by atoms with van der Waals surface area (Å²) in [6.07, 6.45) is -1.39. The number of nitrogens with zero attached hydrogens (tertiary/aromatic N) is 1. The Morgan fingerprint density at radius 3 is 2.41 bits per heavy atom. The number of carbonyl (C=O) groups excluding carboxylic acids is 1. The third-order valence-electron chi connectivity index (χ3n) is 4.32. The molecule has 1 aliphatic rings. The number of benzene rings is 2. The van der Waals surface area contributed by atoms with Crippen LogP contribution in [-0.2, 0) is 0 Å². The fourth-order valence-electron chi connectivity index (χ4n) is 2.99. The molecule has 2 aromatic carbocycles. The molecule has 2 aromatic rings. The van der Waals surface area contributed by atoms with Crippen molar-refractivity contribution in [2.45, 2.75) is 18.6 Å². The lowest BCUT2D eigenvalue weighted by Gasteiger charge is -2.36. The second-order valence-corrected chi connectivity index (χ2v) is 6.22. The molecular weight excluding hydrogens is 363 g/mol. The van der Waals surface area contributed by atoms with Gasteiger partial charge in [0.25, 0.3) is 5.91 Å². The van der Waals surface area contributed by atoms with Crippen LogP contribution >= 0.6 is 0 Å². The molecule has 27 heavy (non-hydrogen) atoms. The molecule has 8 heteroatoms. The lowest BCUT2D eigenvalue weighted by molar-refractivity contribution is -0.0207. The van der Waals surface area contributed by atoms with E-state index in [1.165, 1.54) is 30.2 Å². The van der Waals surface area contributed by atoms with E-state index in [1.807, 2.05) is 0 Å². The molecule has 0 radical (unpaired) electrons. The monoisotopic (exact) mass is 381 g/mol. The number of hydrogen-bond acceptors (Lipinski definition) is 4. The smallest absolute Gasteiger partial charge is 0.254 e. The van der Waals surface area contributed by atoms with E-state index < -0.39 is 35.6 Å². The van der Waals surface area contributed by atoms with Gasteiger partial charge in [0, 0.05) is 30.7 Å². The van der Waals surface area contributed by atoms with Crippen molar-refractivity contribution in [2.24, 2.45) is 0 Å². The first-order chi connectivity index (χ1) is 12.9. The predicted molar refractivity (Wildman–Crippen MR) is 90.3 cm³/mol. The number of rotatable bonds is 4. The molecule has 3 rings (SSSR count). The van der Waals surface area contributed by atoms with Crippen molar-refractivity contribution in [3.8, 4) is 11.5 Å². The maximum absolute atomic E-state index is 13.3. The first-order valence-corrected chi connectivity index (χ1v) is 8.31. The van der Waals surface area contributed by atoms with E-state index >= 15 is 0 Å². The quantitative estimate of drug-likeness (QED) is 0.885. The van der Waals surface area contributed by atoms with Gasteiger partial charge in [-0.3, -0.25) is 4.79 Å². The van der Waals surface area contributed by atoms with E-state index in [0.29, 0.717) is 6.07 Å². The molecule has 0 saturated carbocycles. The van der Waals surface area contributed by atoms with Crippen molar-refractivity contribution in [2.75, 3.05) is 20.2 Å². The Bertz CT molecular complexity index is 825. The number of halogens is 3. The Kier molecular flexibility index (Phi) is 5.55. The number of ether oxygens (including phenoxy) is 2. The molecule has 1 N–H and O–H groups in total. The standard InChI is InChI=1S/C19H18F3NO4/c1-26-18-9-12(20)2-3-17(18)27-16-4-5-23(10-15(16)24)19(25)11-6-13(21)8-14(22)7-11/h2-3,6-9,15-16,24H,4-5,10H2,1H3/t15-,16-/m1/s1. The van der Waals surface area contributed by atoms with E-state index in [4.69, 9.17) is 9.47 Å². The Balaban J connectivity index is 1.68. The maximum Gasteiger partial charge on any atom is 0.254 e. The van der Waals surface area contributed by atoms with E-state index in [9.17, 15) is 23.1 Å². The zero-order valence-electron chi connectivity index (χ0n) is 14.5. The summed E-state index contributed by atoms with van der Waals surface area (Å²) in [6, 6.07) is 6.35. The molecule has 144 valence electrons. The molecule has 0 bridgehead atoms. The van der Waals surface area contributed by atoms with Crippen LogP contribution < -0.4 is 9.47 Å². The topological polar surface area (TPSA) is 59.0 Å². The first-order valence-electron chi connectivity index (χ1n) is 8.31. The number of aliphatic hydroxyl groups is 1. The highest BCUT2D eigenvalue weighted by molar-refractivity contribution is 5.94. The van der Waals surface area contributed by atoms with Crippen LogP contribution in [0.1, 0.15) is 16.8 Å². The average Bonchev–Trinajstić information content (AvgIpc) is 2.63. The number of piperidine rings is 1. The van der Waals surface area contributed by atoms with Gasteiger partial charge >= 0.3 is 0 Å². The first kappa shape index (κ1) is 19.0. The number of methoxy groups -OCH3 is 1. The Morgan fingerprint density at radius 1 is 1.07 bits per heavy atom. The molecular formula is C19H18F3NO4. The summed E-state index contributed by atoms with van der Waals surface area (Å²) in [5.41, 5.74) is -0.126. The highest BCUT2D eigenvalue weighted by Crippen LogP contribution is 2.30. The second kappa shape index (κ2) is 7.87. The van der Waals surface area contributed by atoms with E-state index in [-0.39, 0.29) is 36.6 Å². The summed E-state index contributed by atoms with van der Waals surface area (Å²) in [5.74, 6) is -2.29. The lowest BCUT2D eigenvalue weighted by Crippen LogP contribution is -2.51. The Labute approximate surface area is 153 Å².